The Morgan fingerprint density at radius 3 is 3.06 bits per heavy atom. The van der Waals surface area contributed by atoms with Gasteiger partial charge in [-0.15, -0.1) is 0 Å². The summed E-state index contributed by atoms with van der Waals surface area (Å²) in [5.74, 6) is 0.909. The second-order valence-electron chi connectivity index (χ2n) is 3.94. The van der Waals surface area contributed by atoms with E-state index in [2.05, 4.69) is 10.3 Å². The Hall–Kier alpha value is -1.13. The van der Waals surface area contributed by atoms with E-state index in [9.17, 15) is 0 Å². The van der Waals surface area contributed by atoms with Crippen LogP contribution in [0.15, 0.2) is 18.3 Å². The molecule has 0 bridgehead atoms. The molecule has 88 valence electrons. The van der Waals surface area contributed by atoms with Crippen LogP contribution in [0.25, 0.3) is 0 Å². The summed E-state index contributed by atoms with van der Waals surface area (Å²) >= 11 is 0. The maximum atomic E-state index is 5.89. The fourth-order valence-corrected chi connectivity index (χ4v) is 1.79. The Morgan fingerprint density at radius 2 is 2.31 bits per heavy atom. The summed E-state index contributed by atoms with van der Waals surface area (Å²) in [6.07, 6.45) is 4.04. The molecule has 4 nitrogen and oxygen atoms in total. The summed E-state index contributed by atoms with van der Waals surface area (Å²) in [4.78, 5) is 4.26. The van der Waals surface area contributed by atoms with Crippen molar-refractivity contribution >= 4 is 0 Å². The lowest BCUT2D eigenvalue weighted by Crippen LogP contribution is -2.25. The Morgan fingerprint density at radius 1 is 1.50 bits per heavy atom. The van der Waals surface area contributed by atoms with Gasteiger partial charge in [0.25, 0.3) is 0 Å². The van der Waals surface area contributed by atoms with E-state index in [-0.39, 0.29) is 0 Å². The predicted octanol–water partition coefficient (Wildman–Crippen LogP) is 1.36. The molecule has 2 rings (SSSR count). The smallest absolute Gasteiger partial charge is 0.123 e. The first-order chi connectivity index (χ1) is 7.88. The average molecular weight is 222 g/mol. The molecule has 0 atom stereocenters. The highest BCUT2D eigenvalue weighted by Gasteiger charge is 2.15. The van der Waals surface area contributed by atoms with Gasteiger partial charge in [-0.3, -0.25) is 4.98 Å². The summed E-state index contributed by atoms with van der Waals surface area (Å²) in [7, 11) is 1.91. The number of nitrogens with one attached hydrogen (secondary N) is 1. The normalized spacial score (nSPS) is 17.3. The maximum Gasteiger partial charge on any atom is 0.123 e. The molecule has 0 amide bonds. The number of nitrogens with zero attached hydrogens (tertiary/aromatic N) is 1. The minimum Gasteiger partial charge on any atom is -0.490 e. The third-order valence-corrected chi connectivity index (χ3v) is 2.62. The van der Waals surface area contributed by atoms with Gasteiger partial charge in [0.15, 0.2) is 0 Å². The van der Waals surface area contributed by atoms with E-state index in [0.717, 1.165) is 44.0 Å². The molecule has 0 aromatic carbocycles. The van der Waals surface area contributed by atoms with Gasteiger partial charge in [-0.05, 0) is 13.1 Å². The molecule has 1 aromatic rings. The van der Waals surface area contributed by atoms with Gasteiger partial charge in [-0.2, -0.15) is 0 Å². The number of rotatable bonds is 4. The van der Waals surface area contributed by atoms with Gasteiger partial charge in [0.05, 0.1) is 18.9 Å². The van der Waals surface area contributed by atoms with Crippen LogP contribution in [0.5, 0.6) is 5.75 Å². The predicted molar refractivity (Wildman–Crippen MR) is 61.5 cm³/mol. The molecule has 0 radical (unpaired) electrons. The number of hydrogen-bond donors (Lipinski definition) is 1. The van der Waals surface area contributed by atoms with E-state index in [1.54, 1.807) is 6.20 Å². The SMILES string of the molecule is CNCc1cc(OC2CCOCC2)ccn1. The fourth-order valence-electron chi connectivity index (χ4n) is 1.79. The molecule has 1 N–H and O–H groups in total. The summed E-state index contributed by atoms with van der Waals surface area (Å²) in [6.45, 7) is 2.38. The number of ether oxygens (including phenoxy) is 2. The first-order valence-corrected chi connectivity index (χ1v) is 5.72. The second kappa shape index (κ2) is 5.82. The van der Waals surface area contributed by atoms with Crippen molar-refractivity contribution < 1.29 is 9.47 Å². The lowest BCUT2D eigenvalue weighted by atomic mass is 10.1. The standard InChI is InChI=1S/C12H18N2O2/c1-13-9-10-8-12(2-5-14-10)16-11-3-6-15-7-4-11/h2,5,8,11,13H,3-4,6-7,9H2,1H3. The van der Waals surface area contributed by atoms with Crippen LogP contribution in [-0.2, 0) is 11.3 Å². The van der Waals surface area contributed by atoms with Crippen molar-refractivity contribution in [2.24, 2.45) is 0 Å². The minimum absolute atomic E-state index is 0.290. The van der Waals surface area contributed by atoms with Crippen LogP contribution >= 0.6 is 0 Å². The first kappa shape index (κ1) is 11.4. The van der Waals surface area contributed by atoms with Crippen LogP contribution in [0.2, 0.25) is 0 Å². The highest BCUT2D eigenvalue weighted by atomic mass is 16.5. The molecular weight excluding hydrogens is 204 g/mol. The largest absolute Gasteiger partial charge is 0.490 e. The van der Waals surface area contributed by atoms with Gasteiger partial charge in [0.2, 0.25) is 0 Å². The molecule has 1 aliphatic rings. The van der Waals surface area contributed by atoms with Crippen molar-refractivity contribution in [2.75, 3.05) is 20.3 Å². The van der Waals surface area contributed by atoms with Crippen molar-refractivity contribution in [3.63, 3.8) is 0 Å². The zero-order valence-electron chi connectivity index (χ0n) is 9.61. The Balaban J connectivity index is 1.94. The zero-order valence-corrected chi connectivity index (χ0v) is 9.61. The number of hydrogen-bond acceptors (Lipinski definition) is 4. The van der Waals surface area contributed by atoms with E-state index >= 15 is 0 Å². The van der Waals surface area contributed by atoms with E-state index in [0.29, 0.717) is 6.10 Å². The van der Waals surface area contributed by atoms with Gasteiger partial charge < -0.3 is 14.8 Å². The van der Waals surface area contributed by atoms with Crippen LogP contribution in [0.3, 0.4) is 0 Å². The Bertz CT molecular complexity index is 325. The van der Waals surface area contributed by atoms with Crippen LogP contribution in [-0.4, -0.2) is 31.3 Å². The van der Waals surface area contributed by atoms with E-state index in [4.69, 9.17) is 9.47 Å². The molecule has 2 heterocycles. The summed E-state index contributed by atoms with van der Waals surface area (Å²) in [6, 6.07) is 3.90. The Labute approximate surface area is 96.0 Å². The van der Waals surface area contributed by atoms with Gasteiger partial charge >= 0.3 is 0 Å². The topological polar surface area (TPSA) is 43.4 Å². The molecule has 1 aromatic heterocycles. The molecule has 0 unspecified atom stereocenters. The quantitative estimate of drug-likeness (QED) is 0.835. The summed E-state index contributed by atoms with van der Waals surface area (Å²) < 4.78 is 11.2. The summed E-state index contributed by atoms with van der Waals surface area (Å²) in [5, 5.41) is 3.08. The highest BCUT2D eigenvalue weighted by Crippen LogP contribution is 2.17. The van der Waals surface area contributed by atoms with Crippen molar-refractivity contribution in [1.29, 1.82) is 0 Å². The highest BCUT2D eigenvalue weighted by molar-refractivity contribution is 5.22. The molecule has 1 fully saturated rings. The van der Waals surface area contributed by atoms with Crippen LogP contribution in [0.4, 0.5) is 0 Å². The van der Waals surface area contributed by atoms with Crippen LogP contribution < -0.4 is 10.1 Å². The van der Waals surface area contributed by atoms with Crippen LogP contribution in [0.1, 0.15) is 18.5 Å². The van der Waals surface area contributed by atoms with Gasteiger partial charge in [0, 0.05) is 31.6 Å². The van der Waals surface area contributed by atoms with Gasteiger partial charge in [-0.25, -0.2) is 0 Å². The molecule has 4 heteroatoms. The van der Waals surface area contributed by atoms with Crippen molar-refractivity contribution in [3.05, 3.63) is 24.0 Å². The van der Waals surface area contributed by atoms with Crippen LogP contribution in [0, 0.1) is 0 Å². The van der Waals surface area contributed by atoms with Crippen molar-refractivity contribution in [1.82, 2.24) is 10.3 Å². The second-order valence-corrected chi connectivity index (χ2v) is 3.94. The lowest BCUT2D eigenvalue weighted by Gasteiger charge is -2.23. The third-order valence-electron chi connectivity index (χ3n) is 2.62. The minimum atomic E-state index is 0.290. The molecule has 16 heavy (non-hydrogen) atoms. The average Bonchev–Trinajstić information content (AvgIpc) is 2.31. The fraction of sp³-hybridized carbons (Fsp3) is 0.583. The molecular formula is C12H18N2O2. The van der Waals surface area contributed by atoms with Crippen molar-refractivity contribution in [3.8, 4) is 5.75 Å². The molecule has 0 saturated carbocycles. The molecule has 0 aliphatic carbocycles. The van der Waals surface area contributed by atoms with Gasteiger partial charge in [0.1, 0.15) is 11.9 Å². The summed E-state index contributed by atoms with van der Waals surface area (Å²) in [5.41, 5.74) is 1.01. The van der Waals surface area contributed by atoms with Crippen molar-refractivity contribution in [2.45, 2.75) is 25.5 Å². The zero-order chi connectivity index (χ0) is 11.2. The van der Waals surface area contributed by atoms with E-state index < -0.39 is 0 Å². The van der Waals surface area contributed by atoms with Gasteiger partial charge in [-0.1, -0.05) is 0 Å². The lowest BCUT2D eigenvalue weighted by molar-refractivity contribution is 0.0255. The van der Waals surface area contributed by atoms with E-state index in [1.807, 2.05) is 19.2 Å². The molecule has 0 spiro atoms. The maximum absolute atomic E-state index is 5.89. The van der Waals surface area contributed by atoms with E-state index in [1.165, 1.54) is 0 Å². The first-order valence-electron chi connectivity index (χ1n) is 5.72. The molecule has 1 saturated heterocycles. The number of pyridine rings is 1. The Kier molecular flexibility index (Phi) is 4.13. The number of aromatic nitrogens is 1. The monoisotopic (exact) mass is 222 g/mol. The molecule has 1 aliphatic heterocycles. The third kappa shape index (κ3) is 3.18.